The summed E-state index contributed by atoms with van der Waals surface area (Å²) in [5.74, 6) is 0.192. The number of carbonyl (C=O) groups excluding carboxylic acids is 1. The minimum Gasteiger partial charge on any atom is -0.466 e. The van der Waals surface area contributed by atoms with Crippen LogP contribution in [0.2, 0.25) is 0 Å². The third-order valence-electron chi connectivity index (χ3n) is 5.20. The van der Waals surface area contributed by atoms with Crippen LogP contribution in [-0.2, 0) is 9.53 Å². The molecular formula is C28H26N4O2. The summed E-state index contributed by atoms with van der Waals surface area (Å²) in [6.07, 6.45) is 0.0998. The molecule has 0 bridgehead atoms. The van der Waals surface area contributed by atoms with Crippen molar-refractivity contribution in [1.82, 2.24) is 10.2 Å². The fraction of sp³-hybridized carbons (Fsp3) is 0.143. The van der Waals surface area contributed by atoms with Gasteiger partial charge in [0.1, 0.15) is 5.69 Å². The smallest absolute Gasteiger partial charge is 0.311 e. The molecule has 0 spiro atoms. The van der Waals surface area contributed by atoms with Crippen LogP contribution in [0.25, 0.3) is 33.5 Å². The summed E-state index contributed by atoms with van der Waals surface area (Å²) in [4.78, 5) is 11.8. The molecular weight excluding hydrogens is 424 g/mol. The number of anilines is 1. The Morgan fingerprint density at radius 2 is 1.32 bits per heavy atom. The van der Waals surface area contributed by atoms with Crippen molar-refractivity contribution in [2.24, 2.45) is 5.10 Å². The normalized spacial score (nSPS) is 11.2. The average molecular weight is 451 g/mol. The highest BCUT2D eigenvalue weighted by molar-refractivity contribution is 5.99. The third kappa shape index (κ3) is 5.35. The van der Waals surface area contributed by atoms with Gasteiger partial charge in [-0.2, -0.15) is 5.10 Å². The first-order valence-electron chi connectivity index (χ1n) is 11.2. The molecule has 0 aliphatic carbocycles. The van der Waals surface area contributed by atoms with Gasteiger partial charge in [-0.05, 0) is 25.0 Å². The number of aromatic nitrogens is 2. The number of rotatable bonds is 8. The molecule has 3 aromatic carbocycles. The highest BCUT2D eigenvalue weighted by Crippen LogP contribution is 2.41. The van der Waals surface area contributed by atoms with Gasteiger partial charge in [0.25, 0.3) is 0 Å². The highest BCUT2D eigenvalue weighted by atomic mass is 16.5. The Hall–Kier alpha value is -4.32. The van der Waals surface area contributed by atoms with Crippen molar-refractivity contribution < 1.29 is 9.53 Å². The Labute approximate surface area is 199 Å². The summed E-state index contributed by atoms with van der Waals surface area (Å²) < 4.78 is 5.02. The van der Waals surface area contributed by atoms with Crippen LogP contribution in [0.4, 0.5) is 5.82 Å². The van der Waals surface area contributed by atoms with Crippen LogP contribution < -0.4 is 5.43 Å². The number of nitrogens with zero attached hydrogens (tertiary/aromatic N) is 3. The van der Waals surface area contributed by atoms with Crippen molar-refractivity contribution in [3.8, 4) is 33.5 Å². The summed E-state index contributed by atoms with van der Waals surface area (Å²) >= 11 is 0. The van der Waals surface area contributed by atoms with Gasteiger partial charge in [-0.25, -0.2) is 0 Å². The summed E-state index contributed by atoms with van der Waals surface area (Å²) in [5.41, 5.74) is 9.23. The van der Waals surface area contributed by atoms with Gasteiger partial charge in [-0.15, -0.1) is 10.2 Å². The average Bonchev–Trinajstić information content (AvgIpc) is 2.88. The van der Waals surface area contributed by atoms with Gasteiger partial charge >= 0.3 is 5.97 Å². The fourth-order valence-corrected chi connectivity index (χ4v) is 3.69. The summed E-state index contributed by atoms with van der Waals surface area (Å²) in [5, 5.41) is 13.5. The van der Waals surface area contributed by atoms with Gasteiger partial charge in [0.15, 0.2) is 5.82 Å². The number of hydrogen-bond acceptors (Lipinski definition) is 6. The quantitative estimate of drug-likeness (QED) is 0.196. The van der Waals surface area contributed by atoms with Crippen LogP contribution in [0, 0.1) is 0 Å². The van der Waals surface area contributed by atoms with Crippen molar-refractivity contribution in [2.45, 2.75) is 20.3 Å². The second-order valence-electron chi connectivity index (χ2n) is 7.69. The van der Waals surface area contributed by atoms with E-state index in [0.29, 0.717) is 18.1 Å². The lowest BCUT2D eigenvalue weighted by molar-refractivity contribution is -0.141. The van der Waals surface area contributed by atoms with E-state index < -0.39 is 0 Å². The topological polar surface area (TPSA) is 76.5 Å². The lowest BCUT2D eigenvalue weighted by Crippen LogP contribution is -2.11. The molecule has 0 aliphatic rings. The lowest BCUT2D eigenvalue weighted by atomic mass is 9.91. The van der Waals surface area contributed by atoms with E-state index in [0.717, 1.165) is 33.5 Å². The standard InChI is InChI=1S/C28H26N4O2/c1-3-34-24(33)19-20(2)29-31-28-26(22-15-9-5-10-16-22)25(21-13-7-4-8-14-21)27(30-32-28)23-17-11-6-12-18-23/h4-18H,3,19H2,1-2H3,(H,31,32)/b29-20+. The van der Waals surface area contributed by atoms with Gasteiger partial charge in [0.2, 0.25) is 0 Å². The second kappa shape index (κ2) is 11.0. The SMILES string of the molecule is CCOC(=O)C/C(C)=N/Nc1nnc(-c2ccccc2)c(-c2ccccc2)c1-c1ccccc1. The van der Waals surface area contributed by atoms with Crippen LogP contribution in [0.1, 0.15) is 20.3 Å². The molecule has 170 valence electrons. The molecule has 0 amide bonds. The van der Waals surface area contributed by atoms with Crippen LogP contribution >= 0.6 is 0 Å². The zero-order valence-electron chi connectivity index (χ0n) is 19.2. The highest BCUT2D eigenvalue weighted by Gasteiger charge is 2.20. The number of ether oxygens (including phenoxy) is 1. The van der Waals surface area contributed by atoms with Crippen molar-refractivity contribution in [3.63, 3.8) is 0 Å². The molecule has 0 saturated heterocycles. The van der Waals surface area contributed by atoms with E-state index in [9.17, 15) is 4.79 Å². The van der Waals surface area contributed by atoms with E-state index >= 15 is 0 Å². The minimum absolute atomic E-state index is 0.0998. The van der Waals surface area contributed by atoms with Crippen LogP contribution in [0.5, 0.6) is 0 Å². The predicted octanol–water partition coefficient (Wildman–Crippen LogP) is 6.22. The molecule has 0 aliphatic heterocycles. The van der Waals surface area contributed by atoms with Gasteiger partial charge in [-0.3, -0.25) is 10.2 Å². The molecule has 0 saturated carbocycles. The minimum atomic E-state index is -0.315. The first kappa shape index (κ1) is 22.9. The first-order valence-corrected chi connectivity index (χ1v) is 11.2. The van der Waals surface area contributed by atoms with Crippen molar-refractivity contribution in [3.05, 3.63) is 91.0 Å². The summed E-state index contributed by atoms with van der Waals surface area (Å²) in [6.45, 7) is 3.89. The second-order valence-corrected chi connectivity index (χ2v) is 7.69. The molecule has 34 heavy (non-hydrogen) atoms. The van der Waals surface area contributed by atoms with Gasteiger partial charge in [0.05, 0.1) is 13.0 Å². The maximum atomic E-state index is 11.8. The number of carbonyl (C=O) groups is 1. The Bertz CT molecular complexity index is 1270. The predicted molar refractivity (Wildman–Crippen MR) is 136 cm³/mol. The molecule has 1 N–H and O–H groups in total. The Morgan fingerprint density at radius 1 is 0.794 bits per heavy atom. The van der Waals surface area contributed by atoms with E-state index in [1.807, 2.05) is 78.9 Å². The van der Waals surface area contributed by atoms with Crippen LogP contribution in [0.3, 0.4) is 0 Å². The van der Waals surface area contributed by atoms with E-state index in [2.05, 4.69) is 32.9 Å². The monoisotopic (exact) mass is 450 g/mol. The molecule has 0 radical (unpaired) electrons. The fourth-order valence-electron chi connectivity index (χ4n) is 3.69. The number of nitrogens with one attached hydrogen (secondary N) is 1. The van der Waals surface area contributed by atoms with Crippen LogP contribution in [-0.4, -0.2) is 28.5 Å². The van der Waals surface area contributed by atoms with E-state index in [-0.39, 0.29) is 12.4 Å². The molecule has 4 aromatic rings. The molecule has 4 rings (SSSR count). The van der Waals surface area contributed by atoms with Gasteiger partial charge in [-0.1, -0.05) is 91.0 Å². The van der Waals surface area contributed by atoms with Gasteiger partial charge in [0, 0.05) is 22.4 Å². The molecule has 0 unspecified atom stereocenters. The summed E-state index contributed by atoms with van der Waals surface area (Å²) in [7, 11) is 0. The first-order chi connectivity index (χ1) is 16.7. The molecule has 1 aromatic heterocycles. The van der Waals surface area contributed by atoms with E-state index in [1.165, 1.54) is 0 Å². The van der Waals surface area contributed by atoms with Crippen molar-refractivity contribution in [1.29, 1.82) is 0 Å². The number of hydrogen-bond donors (Lipinski definition) is 1. The Balaban J connectivity index is 1.88. The van der Waals surface area contributed by atoms with Crippen LogP contribution in [0.15, 0.2) is 96.1 Å². The van der Waals surface area contributed by atoms with Crippen molar-refractivity contribution in [2.75, 3.05) is 12.0 Å². The molecule has 6 heteroatoms. The zero-order valence-corrected chi connectivity index (χ0v) is 19.2. The lowest BCUT2D eigenvalue weighted by Gasteiger charge is -2.18. The Kier molecular flexibility index (Phi) is 7.40. The summed E-state index contributed by atoms with van der Waals surface area (Å²) in [6, 6.07) is 30.2. The number of benzene rings is 3. The van der Waals surface area contributed by atoms with Crippen molar-refractivity contribution >= 4 is 17.5 Å². The van der Waals surface area contributed by atoms with E-state index in [1.54, 1.807) is 13.8 Å². The van der Waals surface area contributed by atoms with Gasteiger partial charge < -0.3 is 4.74 Å². The number of esters is 1. The third-order valence-corrected chi connectivity index (χ3v) is 5.20. The zero-order chi connectivity index (χ0) is 23.8. The maximum Gasteiger partial charge on any atom is 0.311 e. The maximum absolute atomic E-state index is 11.8. The molecule has 1 heterocycles. The molecule has 0 atom stereocenters. The number of hydrazone groups is 1. The largest absolute Gasteiger partial charge is 0.466 e. The Morgan fingerprint density at radius 3 is 1.88 bits per heavy atom. The molecule has 0 fully saturated rings. The molecule has 6 nitrogen and oxygen atoms in total. The van der Waals surface area contributed by atoms with E-state index in [4.69, 9.17) is 4.74 Å².